The lowest BCUT2D eigenvalue weighted by atomic mass is 10.0. The molecular formula is C22H26ClN3O4. The van der Waals surface area contributed by atoms with Crippen LogP contribution in [0.25, 0.3) is 0 Å². The van der Waals surface area contributed by atoms with Crippen molar-refractivity contribution in [1.29, 1.82) is 0 Å². The molecule has 2 aromatic rings. The van der Waals surface area contributed by atoms with E-state index in [1.165, 1.54) is 0 Å². The van der Waals surface area contributed by atoms with Gasteiger partial charge in [0.1, 0.15) is 17.8 Å². The van der Waals surface area contributed by atoms with Gasteiger partial charge in [-0.25, -0.2) is 4.79 Å². The Morgan fingerprint density at radius 1 is 0.900 bits per heavy atom. The number of para-hydroxylation sites is 1. The molecule has 2 aromatic carbocycles. The number of hydrogen-bond acceptors (Lipinski definition) is 4. The maximum atomic E-state index is 12.6. The van der Waals surface area contributed by atoms with Crippen molar-refractivity contribution >= 4 is 29.5 Å². The highest BCUT2D eigenvalue weighted by Gasteiger charge is 2.27. The summed E-state index contributed by atoms with van der Waals surface area (Å²) in [5, 5.41) is 8.56. The first-order chi connectivity index (χ1) is 14.3. The maximum Gasteiger partial charge on any atom is 0.413 e. The zero-order valence-corrected chi connectivity index (χ0v) is 17.9. The quantitative estimate of drug-likeness (QED) is 0.597. The molecule has 160 valence electrons. The van der Waals surface area contributed by atoms with Crippen molar-refractivity contribution in [2.24, 2.45) is 5.92 Å². The first-order valence-corrected chi connectivity index (χ1v) is 10.00. The first-order valence-electron chi connectivity index (χ1n) is 9.62. The third kappa shape index (κ3) is 7.40. The summed E-state index contributed by atoms with van der Waals surface area (Å²) in [7, 11) is 0. The molecule has 2 rings (SSSR count). The zero-order chi connectivity index (χ0) is 22.1. The van der Waals surface area contributed by atoms with E-state index in [1.807, 2.05) is 12.1 Å². The minimum atomic E-state index is -0.854. The molecule has 0 aliphatic carbocycles. The van der Waals surface area contributed by atoms with Crippen LogP contribution in [0.1, 0.15) is 26.3 Å². The fourth-order valence-corrected chi connectivity index (χ4v) is 2.73. The van der Waals surface area contributed by atoms with E-state index in [4.69, 9.17) is 16.3 Å². The molecule has 7 nitrogen and oxygen atoms in total. The molecule has 3 N–H and O–H groups in total. The van der Waals surface area contributed by atoms with Crippen LogP contribution in [-0.4, -0.2) is 30.0 Å². The topological polar surface area (TPSA) is 96.5 Å². The Kier molecular flexibility index (Phi) is 8.68. The number of amides is 3. The molecule has 0 saturated carbocycles. The SMILES string of the molecule is CC(NC(=O)[C@@H](NC(=O)Oc1ccccc1)C(C)C)C(=O)NCc1ccc(Cl)cc1. The molecular weight excluding hydrogens is 406 g/mol. The standard InChI is InChI=1S/C22H26ClN3O4/c1-14(2)19(26-22(29)30-18-7-5-4-6-8-18)21(28)25-15(3)20(27)24-13-16-9-11-17(23)12-10-16/h4-12,14-15,19H,13H2,1-3H3,(H,24,27)(H,25,28)(H,26,29)/t15?,19-/m0/s1. The highest BCUT2D eigenvalue weighted by molar-refractivity contribution is 6.30. The van der Waals surface area contributed by atoms with E-state index in [0.29, 0.717) is 17.3 Å². The summed E-state index contributed by atoms with van der Waals surface area (Å²) < 4.78 is 5.17. The van der Waals surface area contributed by atoms with Crippen molar-refractivity contribution in [2.75, 3.05) is 0 Å². The number of carbonyl (C=O) groups excluding carboxylic acids is 3. The number of nitrogens with one attached hydrogen (secondary N) is 3. The van der Waals surface area contributed by atoms with Gasteiger partial charge in [0.05, 0.1) is 0 Å². The summed E-state index contributed by atoms with van der Waals surface area (Å²) >= 11 is 5.84. The van der Waals surface area contributed by atoms with E-state index < -0.39 is 24.1 Å². The van der Waals surface area contributed by atoms with E-state index in [9.17, 15) is 14.4 Å². The van der Waals surface area contributed by atoms with Gasteiger partial charge in [0, 0.05) is 11.6 Å². The number of benzene rings is 2. The molecule has 0 aromatic heterocycles. The van der Waals surface area contributed by atoms with Gasteiger partial charge in [0.2, 0.25) is 11.8 Å². The van der Waals surface area contributed by atoms with Gasteiger partial charge in [-0.3, -0.25) is 9.59 Å². The number of ether oxygens (including phenoxy) is 1. The van der Waals surface area contributed by atoms with Gasteiger partial charge in [0.25, 0.3) is 0 Å². The monoisotopic (exact) mass is 431 g/mol. The van der Waals surface area contributed by atoms with Crippen LogP contribution < -0.4 is 20.7 Å². The lowest BCUT2D eigenvalue weighted by Crippen LogP contribution is -2.54. The highest BCUT2D eigenvalue weighted by Crippen LogP contribution is 2.10. The maximum absolute atomic E-state index is 12.6. The number of hydrogen-bond donors (Lipinski definition) is 3. The Morgan fingerprint density at radius 2 is 1.53 bits per heavy atom. The fourth-order valence-electron chi connectivity index (χ4n) is 2.60. The van der Waals surface area contributed by atoms with E-state index in [1.54, 1.807) is 63.2 Å². The summed E-state index contributed by atoms with van der Waals surface area (Å²) in [6, 6.07) is 14.0. The molecule has 8 heteroatoms. The van der Waals surface area contributed by atoms with Gasteiger partial charge in [0.15, 0.2) is 0 Å². The van der Waals surface area contributed by atoms with Crippen molar-refractivity contribution in [2.45, 2.75) is 39.4 Å². The third-order valence-electron chi connectivity index (χ3n) is 4.31. The van der Waals surface area contributed by atoms with Gasteiger partial charge < -0.3 is 20.7 Å². The second kappa shape index (κ2) is 11.2. The Labute approximate surface area is 181 Å². The summed E-state index contributed by atoms with van der Waals surface area (Å²) in [6.45, 7) is 5.47. The molecule has 0 heterocycles. The number of halogens is 1. The predicted molar refractivity (Wildman–Crippen MR) is 115 cm³/mol. The van der Waals surface area contributed by atoms with Crippen molar-refractivity contribution in [3.8, 4) is 5.75 Å². The van der Waals surface area contributed by atoms with Crippen molar-refractivity contribution in [3.63, 3.8) is 0 Å². The molecule has 0 aliphatic heterocycles. The zero-order valence-electron chi connectivity index (χ0n) is 17.1. The molecule has 30 heavy (non-hydrogen) atoms. The molecule has 0 aliphatic rings. The fraction of sp³-hybridized carbons (Fsp3) is 0.318. The van der Waals surface area contributed by atoms with Crippen LogP contribution in [-0.2, 0) is 16.1 Å². The van der Waals surface area contributed by atoms with E-state index in [2.05, 4.69) is 16.0 Å². The second-order valence-corrected chi connectivity index (χ2v) is 7.58. The molecule has 0 radical (unpaired) electrons. The average molecular weight is 432 g/mol. The van der Waals surface area contributed by atoms with Gasteiger partial charge in [-0.05, 0) is 42.7 Å². The molecule has 0 saturated heterocycles. The average Bonchev–Trinajstić information content (AvgIpc) is 2.71. The minimum Gasteiger partial charge on any atom is -0.410 e. The van der Waals surface area contributed by atoms with Crippen LogP contribution in [0.2, 0.25) is 5.02 Å². The second-order valence-electron chi connectivity index (χ2n) is 7.14. The van der Waals surface area contributed by atoms with Crippen molar-refractivity contribution in [1.82, 2.24) is 16.0 Å². The molecule has 2 atom stereocenters. The molecule has 0 fully saturated rings. The normalized spacial score (nSPS) is 12.6. The van der Waals surface area contributed by atoms with Gasteiger partial charge in [-0.15, -0.1) is 0 Å². The van der Waals surface area contributed by atoms with Crippen LogP contribution in [0.3, 0.4) is 0 Å². The lowest BCUT2D eigenvalue weighted by molar-refractivity contribution is -0.130. The largest absolute Gasteiger partial charge is 0.413 e. The van der Waals surface area contributed by atoms with Crippen molar-refractivity contribution in [3.05, 3.63) is 65.2 Å². The molecule has 1 unspecified atom stereocenters. The van der Waals surface area contributed by atoms with E-state index in [0.717, 1.165) is 5.56 Å². The van der Waals surface area contributed by atoms with Crippen LogP contribution in [0, 0.1) is 5.92 Å². The van der Waals surface area contributed by atoms with Gasteiger partial charge in [-0.1, -0.05) is 55.8 Å². The van der Waals surface area contributed by atoms with E-state index >= 15 is 0 Å². The number of rotatable bonds is 8. The highest BCUT2D eigenvalue weighted by atomic mass is 35.5. The van der Waals surface area contributed by atoms with Crippen LogP contribution >= 0.6 is 11.6 Å². The molecule has 3 amide bonds. The minimum absolute atomic E-state index is 0.211. The smallest absolute Gasteiger partial charge is 0.410 e. The van der Waals surface area contributed by atoms with Gasteiger partial charge >= 0.3 is 6.09 Å². The van der Waals surface area contributed by atoms with Crippen LogP contribution in [0.5, 0.6) is 5.75 Å². The summed E-state index contributed by atoms with van der Waals surface area (Å²) in [6.07, 6.45) is -0.741. The Balaban J connectivity index is 1.87. The first kappa shape index (κ1) is 23.2. The summed E-state index contributed by atoms with van der Waals surface area (Å²) in [5.74, 6) is -0.651. The Hall–Kier alpha value is -3.06. The van der Waals surface area contributed by atoms with Crippen LogP contribution in [0.15, 0.2) is 54.6 Å². The third-order valence-corrected chi connectivity index (χ3v) is 4.56. The molecule has 0 bridgehead atoms. The Morgan fingerprint density at radius 3 is 2.13 bits per heavy atom. The number of carbonyl (C=O) groups is 3. The van der Waals surface area contributed by atoms with Crippen molar-refractivity contribution < 1.29 is 19.1 Å². The van der Waals surface area contributed by atoms with Crippen LogP contribution in [0.4, 0.5) is 4.79 Å². The summed E-state index contributed by atoms with van der Waals surface area (Å²) in [4.78, 5) is 37.1. The predicted octanol–water partition coefficient (Wildman–Crippen LogP) is 3.27. The summed E-state index contributed by atoms with van der Waals surface area (Å²) in [5.41, 5.74) is 0.886. The van der Waals surface area contributed by atoms with E-state index in [-0.39, 0.29) is 11.8 Å². The van der Waals surface area contributed by atoms with Gasteiger partial charge in [-0.2, -0.15) is 0 Å². The lowest BCUT2D eigenvalue weighted by Gasteiger charge is -2.23. The molecule has 0 spiro atoms. The Bertz CT molecular complexity index is 856.